The molecule has 0 spiro atoms. The molecule has 0 aliphatic carbocycles. The molecule has 1 heterocycles. The Morgan fingerprint density at radius 1 is 1.50 bits per heavy atom. The molecule has 0 radical (unpaired) electrons. The summed E-state index contributed by atoms with van der Waals surface area (Å²) >= 11 is 0. The Bertz CT molecular complexity index is 147. The molecule has 2 heteroatoms. The molecular weight excluding hydrogens is 150 g/mol. The molecule has 0 bridgehead atoms. The van der Waals surface area contributed by atoms with Crippen LogP contribution in [0.5, 0.6) is 0 Å². The molecule has 1 aliphatic heterocycles. The molecular formula is C10H21NO. The Labute approximate surface area is 75.6 Å². The third-order valence-electron chi connectivity index (χ3n) is 2.83. The molecule has 0 saturated carbocycles. The minimum atomic E-state index is 0.0737. The van der Waals surface area contributed by atoms with Crippen molar-refractivity contribution in [2.24, 2.45) is 5.92 Å². The fourth-order valence-electron chi connectivity index (χ4n) is 2.01. The van der Waals surface area contributed by atoms with E-state index in [2.05, 4.69) is 25.7 Å². The Morgan fingerprint density at radius 2 is 2.17 bits per heavy atom. The van der Waals surface area contributed by atoms with E-state index in [4.69, 9.17) is 0 Å². The molecule has 0 amide bonds. The van der Waals surface area contributed by atoms with E-state index in [0.29, 0.717) is 12.5 Å². The predicted molar refractivity (Wildman–Crippen MR) is 51.1 cm³/mol. The molecule has 1 saturated heterocycles. The average molecular weight is 171 g/mol. The van der Waals surface area contributed by atoms with Crippen LogP contribution in [0.4, 0.5) is 0 Å². The highest BCUT2D eigenvalue weighted by atomic mass is 16.3. The smallest absolute Gasteiger partial charge is 0.0612 e. The first kappa shape index (κ1) is 10.0. The molecule has 12 heavy (non-hydrogen) atoms. The van der Waals surface area contributed by atoms with Gasteiger partial charge in [0.05, 0.1) is 6.61 Å². The van der Waals surface area contributed by atoms with E-state index in [0.717, 1.165) is 19.5 Å². The third kappa shape index (κ3) is 1.99. The highest BCUT2D eigenvalue weighted by Crippen LogP contribution is 2.28. The lowest BCUT2D eigenvalue weighted by Gasteiger charge is -2.34. The van der Waals surface area contributed by atoms with Crippen LogP contribution in [0.2, 0.25) is 0 Å². The first-order chi connectivity index (χ1) is 5.58. The average Bonchev–Trinajstić information content (AvgIpc) is 2.33. The summed E-state index contributed by atoms with van der Waals surface area (Å²) in [7, 11) is 0. The second-order valence-corrected chi connectivity index (χ2v) is 4.60. The first-order valence-corrected chi connectivity index (χ1v) is 4.94. The lowest BCUT2D eigenvalue weighted by Crippen LogP contribution is -2.45. The van der Waals surface area contributed by atoms with Crippen LogP contribution in [-0.2, 0) is 0 Å². The van der Waals surface area contributed by atoms with Gasteiger partial charge in [-0.05, 0) is 32.2 Å². The molecule has 1 unspecified atom stereocenters. The van der Waals surface area contributed by atoms with Crippen molar-refractivity contribution in [2.75, 3.05) is 19.7 Å². The van der Waals surface area contributed by atoms with Crippen LogP contribution in [0.25, 0.3) is 0 Å². The quantitative estimate of drug-likeness (QED) is 0.695. The fourth-order valence-corrected chi connectivity index (χ4v) is 2.01. The predicted octanol–water partition coefficient (Wildman–Crippen LogP) is 1.49. The van der Waals surface area contributed by atoms with Crippen LogP contribution >= 0.6 is 0 Å². The molecule has 1 rings (SSSR count). The highest BCUT2D eigenvalue weighted by molar-refractivity contribution is 4.91. The number of hydrogen-bond acceptors (Lipinski definition) is 2. The molecule has 1 N–H and O–H groups in total. The number of likely N-dealkylation sites (tertiary alicyclic amines) is 1. The van der Waals surface area contributed by atoms with Crippen molar-refractivity contribution in [3.05, 3.63) is 0 Å². The Hall–Kier alpha value is -0.0800. The molecule has 1 atom stereocenters. The second kappa shape index (κ2) is 3.75. The monoisotopic (exact) mass is 171 g/mol. The van der Waals surface area contributed by atoms with Crippen LogP contribution in [0.1, 0.15) is 33.6 Å². The normalized spacial score (nSPS) is 31.8. The van der Waals surface area contributed by atoms with Gasteiger partial charge < -0.3 is 5.11 Å². The number of aliphatic hydroxyl groups is 1. The zero-order chi connectivity index (χ0) is 9.19. The number of hydrogen-bond donors (Lipinski definition) is 1. The maximum atomic E-state index is 9.27. The van der Waals surface area contributed by atoms with E-state index in [-0.39, 0.29) is 5.54 Å². The molecule has 2 nitrogen and oxygen atoms in total. The van der Waals surface area contributed by atoms with Crippen LogP contribution in [0.15, 0.2) is 0 Å². The van der Waals surface area contributed by atoms with Crippen molar-refractivity contribution in [1.29, 1.82) is 0 Å². The summed E-state index contributed by atoms with van der Waals surface area (Å²) < 4.78 is 0. The summed E-state index contributed by atoms with van der Waals surface area (Å²) in [4.78, 5) is 2.43. The van der Waals surface area contributed by atoms with Crippen LogP contribution < -0.4 is 0 Å². The lowest BCUT2D eigenvalue weighted by atomic mass is 9.99. The van der Waals surface area contributed by atoms with E-state index < -0.39 is 0 Å². The Morgan fingerprint density at radius 3 is 2.67 bits per heavy atom. The lowest BCUT2D eigenvalue weighted by molar-refractivity contribution is 0.0702. The van der Waals surface area contributed by atoms with Gasteiger partial charge in [-0.2, -0.15) is 0 Å². The minimum absolute atomic E-state index is 0.0737. The fraction of sp³-hybridized carbons (Fsp3) is 1.00. The van der Waals surface area contributed by atoms with E-state index in [9.17, 15) is 5.11 Å². The van der Waals surface area contributed by atoms with Crippen molar-refractivity contribution in [1.82, 2.24) is 4.90 Å². The summed E-state index contributed by atoms with van der Waals surface area (Å²) in [6.07, 6.45) is 2.39. The van der Waals surface area contributed by atoms with Gasteiger partial charge in [0.1, 0.15) is 0 Å². The van der Waals surface area contributed by atoms with Crippen molar-refractivity contribution in [3.8, 4) is 0 Å². The molecule has 0 aromatic heterocycles. The number of nitrogens with zero attached hydrogens (tertiary/aromatic N) is 1. The molecule has 0 aromatic carbocycles. The van der Waals surface area contributed by atoms with Gasteiger partial charge in [0.15, 0.2) is 0 Å². The van der Waals surface area contributed by atoms with E-state index in [1.807, 2.05) is 0 Å². The zero-order valence-electron chi connectivity index (χ0n) is 8.51. The van der Waals surface area contributed by atoms with E-state index >= 15 is 0 Å². The van der Waals surface area contributed by atoms with Gasteiger partial charge >= 0.3 is 0 Å². The van der Waals surface area contributed by atoms with Crippen LogP contribution in [0.3, 0.4) is 0 Å². The van der Waals surface area contributed by atoms with Gasteiger partial charge in [-0.3, -0.25) is 4.90 Å². The zero-order valence-corrected chi connectivity index (χ0v) is 8.51. The Balaban J connectivity index is 2.51. The van der Waals surface area contributed by atoms with Crippen molar-refractivity contribution in [2.45, 2.75) is 39.2 Å². The highest BCUT2D eigenvalue weighted by Gasteiger charge is 2.35. The van der Waals surface area contributed by atoms with Gasteiger partial charge in [-0.25, -0.2) is 0 Å². The molecule has 1 aliphatic rings. The molecule has 1 fully saturated rings. The number of aliphatic hydroxyl groups excluding tert-OH is 1. The summed E-state index contributed by atoms with van der Waals surface area (Å²) in [6.45, 7) is 9.22. The minimum Gasteiger partial charge on any atom is -0.394 e. The maximum Gasteiger partial charge on any atom is 0.0612 e. The van der Waals surface area contributed by atoms with Crippen LogP contribution in [-0.4, -0.2) is 35.2 Å². The van der Waals surface area contributed by atoms with Gasteiger partial charge in [-0.1, -0.05) is 13.8 Å². The third-order valence-corrected chi connectivity index (χ3v) is 2.83. The van der Waals surface area contributed by atoms with Gasteiger partial charge in [0, 0.05) is 12.1 Å². The van der Waals surface area contributed by atoms with Crippen LogP contribution in [0, 0.1) is 5.92 Å². The van der Waals surface area contributed by atoms with Gasteiger partial charge in [0.25, 0.3) is 0 Å². The standard InChI is InChI=1S/C10H21NO/c1-9(2)7-11-6-4-5-10(11,3)8-12/h9,12H,4-8H2,1-3H3. The van der Waals surface area contributed by atoms with Gasteiger partial charge in [-0.15, -0.1) is 0 Å². The second-order valence-electron chi connectivity index (χ2n) is 4.60. The topological polar surface area (TPSA) is 23.5 Å². The van der Waals surface area contributed by atoms with E-state index in [1.54, 1.807) is 0 Å². The molecule has 0 aromatic rings. The summed E-state index contributed by atoms with van der Waals surface area (Å²) in [6, 6.07) is 0. The first-order valence-electron chi connectivity index (χ1n) is 4.94. The SMILES string of the molecule is CC(C)CN1CCCC1(C)CO. The molecule has 72 valence electrons. The van der Waals surface area contributed by atoms with Gasteiger partial charge in [0.2, 0.25) is 0 Å². The Kier molecular flexibility index (Phi) is 3.13. The maximum absolute atomic E-state index is 9.27. The summed E-state index contributed by atoms with van der Waals surface area (Å²) in [5, 5.41) is 9.27. The van der Waals surface area contributed by atoms with Crippen molar-refractivity contribution in [3.63, 3.8) is 0 Å². The summed E-state index contributed by atoms with van der Waals surface area (Å²) in [5.74, 6) is 0.703. The summed E-state index contributed by atoms with van der Waals surface area (Å²) in [5.41, 5.74) is 0.0737. The van der Waals surface area contributed by atoms with Crippen molar-refractivity contribution < 1.29 is 5.11 Å². The number of rotatable bonds is 3. The van der Waals surface area contributed by atoms with Crippen molar-refractivity contribution >= 4 is 0 Å². The largest absolute Gasteiger partial charge is 0.394 e. The van der Waals surface area contributed by atoms with E-state index in [1.165, 1.54) is 6.42 Å².